The standard InChI is InChI=1S/C16H26N2O3/c1-16(2,3)15(20)18-8-6-12(7-9-18)17-13(11-19)14-5-4-10-21-14/h4-5,10,12-13,17,19H,6-9,11H2,1-3H3. The van der Waals surface area contributed by atoms with Crippen LogP contribution in [-0.2, 0) is 4.79 Å². The number of carbonyl (C=O) groups excluding carboxylic acids is 1. The van der Waals surface area contributed by atoms with Crippen molar-refractivity contribution >= 4 is 5.91 Å². The van der Waals surface area contributed by atoms with Crippen molar-refractivity contribution in [2.75, 3.05) is 19.7 Å². The molecule has 1 saturated heterocycles. The van der Waals surface area contributed by atoms with Gasteiger partial charge in [-0.05, 0) is 25.0 Å². The maximum atomic E-state index is 12.2. The topological polar surface area (TPSA) is 65.7 Å². The fourth-order valence-corrected chi connectivity index (χ4v) is 2.72. The number of carbonyl (C=O) groups is 1. The van der Waals surface area contributed by atoms with E-state index in [0.29, 0.717) is 6.04 Å². The average Bonchev–Trinajstić information content (AvgIpc) is 2.97. The van der Waals surface area contributed by atoms with E-state index in [1.54, 1.807) is 6.26 Å². The van der Waals surface area contributed by atoms with Gasteiger partial charge in [0.1, 0.15) is 5.76 Å². The molecule has 118 valence electrons. The highest BCUT2D eigenvalue weighted by atomic mass is 16.3. The Morgan fingerprint density at radius 2 is 2.14 bits per heavy atom. The highest BCUT2D eigenvalue weighted by Crippen LogP contribution is 2.22. The van der Waals surface area contributed by atoms with Gasteiger partial charge in [0.25, 0.3) is 0 Å². The van der Waals surface area contributed by atoms with E-state index < -0.39 is 0 Å². The first-order valence-electron chi connectivity index (χ1n) is 7.61. The molecule has 1 aromatic rings. The lowest BCUT2D eigenvalue weighted by molar-refractivity contribution is -0.140. The quantitative estimate of drug-likeness (QED) is 0.890. The van der Waals surface area contributed by atoms with Gasteiger partial charge in [-0.3, -0.25) is 4.79 Å². The number of furan rings is 1. The summed E-state index contributed by atoms with van der Waals surface area (Å²) in [5, 5.41) is 12.9. The SMILES string of the molecule is CC(C)(C)C(=O)N1CCC(NC(CO)c2ccco2)CC1. The van der Waals surface area contributed by atoms with Gasteiger partial charge in [0, 0.05) is 24.5 Å². The van der Waals surface area contributed by atoms with Gasteiger partial charge >= 0.3 is 0 Å². The number of nitrogens with zero attached hydrogens (tertiary/aromatic N) is 1. The monoisotopic (exact) mass is 294 g/mol. The minimum atomic E-state index is -0.317. The Balaban J connectivity index is 1.85. The Labute approximate surface area is 126 Å². The lowest BCUT2D eigenvalue weighted by atomic mass is 9.93. The second-order valence-electron chi connectivity index (χ2n) is 6.73. The summed E-state index contributed by atoms with van der Waals surface area (Å²) >= 11 is 0. The summed E-state index contributed by atoms with van der Waals surface area (Å²) in [5.74, 6) is 0.969. The molecule has 2 rings (SSSR count). The van der Waals surface area contributed by atoms with Crippen molar-refractivity contribution < 1.29 is 14.3 Å². The zero-order chi connectivity index (χ0) is 15.5. The number of nitrogens with one attached hydrogen (secondary N) is 1. The molecule has 0 aromatic carbocycles. The minimum Gasteiger partial charge on any atom is -0.468 e. The fraction of sp³-hybridized carbons (Fsp3) is 0.688. The van der Waals surface area contributed by atoms with E-state index in [9.17, 15) is 9.90 Å². The number of hydrogen-bond donors (Lipinski definition) is 2. The summed E-state index contributed by atoms with van der Waals surface area (Å²) in [7, 11) is 0. The Kier molecular flexibility index (Phi) is 5.06. The number of aliphatic hydroxyl groups is 1. The van der Waals surface area contributed by atoms with Crippen LogP contribution in [0.4, 0.5) is 0 Å². The summed E-state index contributed by atoms with van der Waals surface area (Å²) in [5.41, 5.74) is -0.317. The molecule has 5 nitrogen and oxygen atoms in total. The molecular weight excluding hydrogens is 268 g/mol. The Morgan fingerprint density at radius 3 is 2.62 bits per heavy atom. The van der Waals surface area contributed by atoms with E-state index in [1.807, 2.05) is 37.8 Å². The second-order valence-corrected chi connectivity index (χ2v) is 6.73. The minimum absolute atomic E-state index is 0.00858. The molecule has 2 N–H and O–H groups in total. The number of amides is 1. The van der Waals surface area contributed by atoms with Crippen LogP contribution in [0.15, 0.2) is 22.8 Å². The van der Waals surface area contributed by atoms with E-state index in [-0.39, 0.29) is 24.0 Å². The third-order valence-electron chi connectivity index (χ3n) is 3.93. The molecule has 1 aliphatic rings. The van der Waals surface area contributed by atoms with Crippen LogP contribution in [0.1, 0.15) is 45.4 Å². The summed E-state index contributed by atoms with van der Waals surface area (Å²) < 4.78 is 5.35. The van der Waals surface area contributed by atoms with Crippen molar-refractivity contribution in [3.8, 4) is 0 Å². The predicted octanol–water partition coefficient (Wildman–Crippen LogP) is 1.94. The molecule has 2 heterocycles. The molecule has 1 fully saturated rings. The van der Waals surface area contributed by atoms with Gasteiger partial charge in [-0.25, -0.2) is 0 Å². The average molecular weight is 294 g/mol. The van der Waals surface area contributed by atoms with Gasteiger partial charge in [0.05, 0.1) is 18.9 Å². The molecule has 1 unspecified atom stereocenters. The smallest absolute Gasteiger partial charge is 0.227 e. The predicted molar refractivity (Wildman–Crippen MR) is 80.7 cm³/mol. The second kappa shape index (κ2) is 6.62. The van der Waals surface area contributed by atoms with E-state index in [1.165, 1.54) is 0 Å². The van der Waals surface area contributed by atoms with Gasteiger partial charge < -0.3 is 19.7 Å². The van der Waals surface area contributed by atoms with Crippen molar-refractivity contribution in [2.45, 2.75) is 45.7 Å². The van der Waals surface area contributed by atoms with Crippen molar-refractivity contribution in [3.63, 3.8) is 0 Å². The molecular formula is C16H26N2O3. The van der Waals surface area contributed by atoms with Gasteiger partial charge in [0.15, 0.2) is 0 Å². The third kappa shape index (κ3) is 4.08. The van der Waals surface area contributed by atoms with Gasteiger partial charge in [-0.2, -0.15) is 0 Å². The van der Waals surface area contributed by atoms with Crippen molar-refractivity contribution in [1.82, 2.24) is 10.2 Å². The lowest BCUT2D eigenvalue weighted by Crippen LogP contribution is -2.49. The van der Waals surface area contributed by atoms with Crippen LogP contribution < -0.4 is 5.32 Å². The van der Waals surface area contributed by atoms with Crippen LogP contribution >= 0.6 is 0 Å². The largest absolute Gasteiger partial charge is 0.468 e. The molecule has 1 aliphatic heterocycles. The van der Waals surface area contributed by atoms with E-state index in [0.717, 1.165) is 31.7 Å². The zero-order valence-corrected chi connectivity index (χ0v) is 13.1. The van der Waals surface area contributed by atoms with E-state index in [2.05, 4.69) is 5.32 Å². The lowest BCUT2D eigenvalue weighted by Gasteiger charge is -2.37. The molecule has 1 atom stereocenters. The van der Waals surface area contributed by atoms with Gasteiger partial charge in [-0.1, -0.05) is 20.8 Å². The molecule has 5 heteroatoms. The molecule has 21 heavy (non-hydrogen) atoms. The summed E-state index contributed by atoms with van der Waals surface area (Å²) in [4.78, 5) is 14.2. The summed E-state index contributed by atoms with van der Waals surface area (Å²) in [6.45, 7) is 7.41. The number of hydrogen-bond acceptors (Lipinski definition) is 4. The first-order valence-corrected chi connectivity index (χ1v) is 7.61. The highest BCUT2D eigenvalue weighted by Gasteiger charge is 2.31. The van der Waals surface area contributed by atoms with Crippen LogP contribution in [0, 0.1) is 5.41 Å². The first-order chi connectivity index (χ1) is 9.91. The van der Waals surface area contributed by atoms with Crippen molar-refractivity contribution in [3.05, 3.63) is 24.2 Å². The zero-order valence-electron chi connectivity index (χ0n) is 13.1. The normalized spacial score (nSPS) is 18.8. The molecule has 0 saturated carbocycles. The maximum absolute atomic E-state index is 12.2. The van der Waals surface area contributed by atoms with Gasteiger partial charge in [0.2, 0.25) is 5.91 Å². The molecule has 1 aromatic heterocycles. The number of rotatable bonds is 4. The van der Waals surface area contributed by atoms with Crippen molar-refractivity contribution in [1.29, 1.82) is 0 Å². The highest BCUT2D eigenvalue weighted by molar-refractivity contribution is 5.81. The summed E-state index contributed by atoms with van der Waals surface area (Å²) in [6, 6.07) is 3.82. The van der Waals surface area contributed by atoms with Crippen LogP contribution in [0.25, 0.3) is 0 Å². The van der Waals surface area contributed by atoms with Gasteiger partial charge in [-0.15, -0.1) is 0 Å². The molecule has 0 radical (unpaired) electrons. The van der Waals surface area contributed by atoms with Crippen LogP contribution in [0.3, 0.4) is 0 Å². The Morgan fingerprint density at radius 1 is 1.48 bits per heavy atom. The molecule has 0 bridgehead atoms. The molecule has 0 spiro atoms. The van der Waals surface area contributed by atoms with E-state index in [4.69, 9.17) is 4.42 Å². The summed E-state index contributed by atoms with van der Waals surface area (Å²) in [6.07, 6.45) is 3.42. The van der Waals surface area contributed by atoms with Crippen LogP contribution in [-0.4, -0.2) is 41.7 Å². The maximum Gasteiger partial charge on any atom is 0.227 e. The van der Waals surface area contributed by atoms with Crippen LogP contribution in [0.5, 0.6) is 0 Å². The van der Waals surface area contributed by atoms with E-state index >= 15 is 0 Å². The van der Waals surface area contributed by atoms with Crippen LogP contribution in [0.2, 0.25) is 0 Å². The van der Waals surface area contributed by atoms with Crippen molar-refractivity contribution in [2.24, 2.45) is 5.41 Å². The Hall–Kier alpha value is -1.33. The molecule has 1 amide bonds. The third-order valence-corrected chi connectivity index (χ3v) is 3.93. The molecule has 0 aliphatic carbocycles. The Bertz CT molecular complexity index is 443. The first kappa shape index (κ1) is 16.0. The number of piperidine rings is 1. The number of likely N-dealkylation sites (tertiary alicyclic amines) is 1. The fourth-order valence-electron chi connectivity index (χ4n) is 2.72. The number of aliphatic hydroxyl groups excluding tert-OH is 1.